The first kappa shape index (κ1) is 13.7. The zero-order chi connectivity index (χ0) is 13.2. The molecule has 17 heavy (non-hydrogen) atoms. The third-order valence-electron chi connectivity index (χ3n) is 2.51. The Kier molecular flexibility index (Phi) is 3.90. The van der Waals surface area contributed by atoms with Crippen molar-refractivity contribution in [2.24, 2.45) is 0 Å². The van der Waals surface area contributed by atoms with E-state index in [1.165, 1.54) is 35.6 Å². The van der Waals surface area contributed by atoms with Crippen LogP contribution in [-0.2, 0) is 10.0 Å². The Morgan fingerprint density at radius 3 is 2.06 bits per heavy atom. The maximum Gasteiger partial charge on any atom is 0.335 e. The summed E-state index contributed by atoms with van der Waals surface area (Å²) >= 11 is 0. The van der Waals surface area contributed by atoms with Crippen LogP contribution in [0.2, 0.25) is 0 Å². The second kappa shape index (κ2) is 4.85. The number of hydrogen-bond acceptors (Lipinski definition) is 3. The molecule has 0 saturated carbocycles. The first-order valence-corrected chi connectivity index (χ1v) is 6.52. The molecule has 0 radical (unpaired) electrons. The van der Waals surface area contributed by atoms with Gasteiger partial charge >= 0.3 is 5.97 Å². The fourth-order valence-corrected chi connectivity index (χ4v) is 2.58. The molecule has 0 heterocycles. The van der Waals surface area contributed by atoms with Gasteiger partial charge in [-0.1, -0.05) is 0 Å². The van der Waals surface area contributed by atoms with Crippen LogP contribution in [0.15, 0.2) is 29.2 Å². The van der Waals surface area contributed by atoms with Gasteiger partial charge in [-0.15, -0.1) is 0 Å². The molecule has 0 unspecified atom stereocenters. The number of benzene rings is 1. The molecule has 0 atom stereocenters. The van der Waals surface area contributed by atoms with E-state index >= 15 is 0 Å². The molecule has 1 aromatic rings. The zero-order valence-corrected chi connectivity index (χ0v) is 10.7. The fourth-order valence-electron chi connectivity index (χ4n) is 1.21. The summed E-state index contributed by atoms with van der Waals surface area (Å²) in [6, 6.07) is 5.02. The summed E-state index contributed by atoms with van der Waals surface area (Å²) in [5.74, 6) is -1.08. The van der Waals surface area contributed by atoms with Gasteiger partial charge in [0.25, 0.3) is 0 Å². The highest BCUT2D eigenvalue weighted by Gasteiger charge is 2.22. The molecule has 0 saturated heterocycles. The number of nitrogens with zero attached hydrogens (tertiary/aromatic N) is 1. The van der Waals surface area contributed by atoms with Crippen molar-refractivity contribution in [3.8, 4) is 0 Å². The van der Waals surface area contributed by atoms with E-state index in [2.05, 4.69) is 0 Å². The predicted molar refractivity (Wildman–Crippen MR) is 63.5 cm³/mol. The Labute approximate surface area is 101 Å². The molecular weight excluding hydrogens is 242 g/mol. The summed E-state index contributed by atoms with van der Waals surface area (Å²) in [7, 11) is -2.05. The Hall–Kier alpha value is -1.40. The summed E-state index contributed by atoms with van der Waals surface area (Å²) in [4.78, 5) is 10.7. The van der Waals surface area contributed by atoms with Gasteiger partial charge in [-0.2, -0.15) is 4.31 Å². The van der Waals surface area contributed by atoms with Crippen LogP contribution < -0.4 is 0 Å². The number of hydrogen-bond donors (Lipinski definition) is 1. The monoisotopic (exact) mass is 257 g/mol. The van der Waals surface area contributed by atoms with Gasteiger partial charge < -0.3 is 5.11 Å². The van der Waals surface area contributed by atoms with Crippen molar-refractivity contribution in [3.63, 3.8) is 0 Å². The molecule has 1 N–H and O–H groups in total. The van der Waals surface area contributed by atoms with Crippen molar-refractivity contribution in [2.45, 2.75) is 24.8 Å². The quantitative estimate of drug-likeness (QED) is 0.885. The van der Waals surface area contributed by atoms with Crippen LogP contribution in [-0.4, -0.2) is 36.9 Å². The van der Waals surface area contributed by atoms with Crippen LogP contribution in [0.3, 0.4) is 0 Å². The van der Waals surface area contributed by atoms with E-state index in [0.717, 1.165) is 0 Å². The van der Waals surface area contributed by atoms with Crippen LogP contribution in [0, 0.1) is 0 Å². The van der Waals surface area contributed by atoms with Crippen LogP contribution >= 0.6 is 0 Å². The van der Waals surface area contributed by atoms with E-state index in [4.69, 9.17) is 5.11 Å². The van der Waals surface area contributed by atoms with Gasteiger partial charge in [0.15, 0.2) is 0 Å². The van der Waals surface area contributed by atoms with Gasteiger partial charge in [0.1, 0.15) is 0 Å². The van der Waals surface area contributed by atoms with Crippen LogP contribution in [0.4, 0.5) is 0 Å². The summed E-state index contributed by atoms with van der Waals surface area (Å²) in [5.41, 5.74) is 0.0659. The lowest BCUT2D eigenvalue weighted by Crippen LogP contribution is -2.33. The Morgan fingerprint density at radius 1 is 1.24 bits per heavy atom. The van der Waals surface area contributed by atoms with Gasteiger partial charge in [0.05, 0.1) is 10.5 Å². The minimum absolute atomic E-state index is 0.0659. The summed E-state index contributed by atoms with van der Waals surface area (Å²) < 4.78 is 25.3. The lowest BCUT2D eigenvalue weighted by atomic mass is 10.2. The second-order valence-electron chi connectivity index (χ2n) is 3.94. The molecule has 0 spiro atoms. The fraction of sp³-hybridized carbons (Fsp3) is 0.364. The lowest BCUT2D eigenvalue weighted by molar-refractivity contribution is 0.0696. The van der Waals surface area contributed by atoms with E-state index in [-0.39, 0.29) is 16.5 Å². The highest BCUT2D eigenvalue weighted by Crippen LogP contribution is 2.17. The van der Waals surface area contributed by atoms with Gasteiger partial charge in [0, 0.05) is 13.1 Å². The van der Waals surface area contributed by atoms with Crippen molar-refractivity contribution in [3.05, 3.63) is 29.8 Å². The topological polar surface area (TPSA) is 74.7 Å². The third kappa shape index (κ3) is 2.83. The Morgan fingerprint density at radius 2 is 1.71 bits per heavy atom. The smallest absolute Gasteiger partial charge is 0.335 e. The molecule has 0 aromatic heterocycles. The van der Waals surface area contributed by atoms with E-state index in [9.17, 15) is 13.2 Å². The molecule has 0 bridgehead atoms. The first-order chi connectivity index (χ1) is 7.76. The van der Waals surface area contributed by atoms with Gasteiger partial charge in [-0.25, -0.2) is 13.2 Å². The molecule has 0 aliphatic carbocycles. The van der Waals surface area contributed by atoms with E-state index in [0.29, 0.717) is 0 Å². The standard InChI is InChI=1S/C11H15NO4S/c1-8(2)12(3)17(15,16)10-6-4-9(5-7-10)11(13)14/h4-8H,1-3H3,(H,13,14). The molecule has 5 nitrogen and oxygen atoms in total. The Bertz CT molecular complexity index is 505. The summed E-state index contributed by atoms with van der Waals surface area (Å²) in [6.45, 7) is 3.53. The van der Waals surface area contributed by atoms with Crippen LogP contribution in [0.1, 0.15) is 24.2 Å². The van der Waals surface area contributed by atoms with Gasteiger partial charge in [-0.3, -0.25) is 0 Å². The molecule has 1 aromatic carbocycles. The van der Waals surface area contributed by atoms with E-state index < -0.39 is 16.0 Å². The number of aromatic carboxylic acids is 1. The maximum absolute atomic E-state index is 12.0. The normalized spacial score (nSPS) is 12.1. The first-order valence-electron chi connectivity index (χ1n) is 5.08. The lowest BCUT2D eigenvalue weighted by Gasteiger charge is -2.20. The average molecular weight is 257 g/mol. The molecule has 1 rings (SSSR count). The largest absolute Gasteiger partial charge is 0.478 e. The molecule has 6 heteroatoms. The zero-order valence-electron chi connectivity index (χ0n) is 9.91. The molecule has 94 valence electrons. The molecule has 0 amide bonds. The van der Waals surface area contributed by atoms with Crippen molar-refractivity contribution in [1.29, 1.82) is 0 Å². The highest BCUT2D eigenvalue weighted by molar-refractivity contribution is 7.89. The maximum atomic E-state index is 12.0. The minimum atomic E-state index is -3.54. The van der Waals surface area contributed by atoms with E-state index in [1.54, 1.807) is 13.8 Å². The van der Waals surface area contributed by atoms with Crippen molar-refractivity contribution in [1.82, 2.24) is 4.31 Å². The van der Waals surface area contributed by atoms with Crippen molar-refractivity contribution < 1.29 is 18.3 Å². The van der Waals surface area contributed by atoms with Crippen molar-refractivity contribution >= 4 is 16.0 Å². The highest BCUT2D eigenvalue weighted by atomic mass is 32.2. The number of carboxylic acid groups (broad SMARTS) is 1. The van der Waals surface area contributed by atoms with E-state index in [1.807, 2.05) is 0 Å². The van der Waals surface area contributed by atoms with Crippen molar-refractivity contribution in [2.75, 3.05) is 7.05 Å². The molecular formula is C11H15NO4S. The molecule has 0 aliphatic heterocycles. The molecule has 0 aliphatic rings. The number of carboxylic acids is 1. The molecule has 0 fully saturated rings. The average Bonchev–Trinajstić information content (AvgIpc) is 2.27. The number of rotatable bonds is 4. The van der Waals surface area contributed by atoms with Gasteiger partial charge in [0.2, 0.25) is 10.0 Å². The minimum Gasteiger partial charge on any atom is -0.478 e. The number of sulfonamides is 1. The van der Waals surface area contributed by atoms with Crippen LogP contribution in [0.25, 0.3) is 0 Å². The summed E-state index contributed by atoms with van der Waals surface area (Å²) in [6.07, 6.45) is 0. The second-order valence-corrected chi connectivity index (χ2v) is 5.94. The predicted octanol–water partition coefficient (Wildman–Crippen LogP) is 1.41. The SMILES string of the molecule is CC(C)N(C)S(=O)(=O)c1ccc(C(=O)O)cc1. The van der Waals surface area contributed by atoms with Crippen LogP contribution in [0.5, 0.6) is 0 Å². The van der Waals surface area contributed by atoms with Gasteiger partial charge in [-0.05, 0) is 38.1 Å². The summed E-state index contributed by atoms with van der Waals surface area (Å²) in [5, 5.41) is 8.72. The Balaban J connectivity index is 3.13. The third-order valence-corrected chi connectivity index (χ3v) is 4.55. The number of carbonyl (C=O) groups is 1.